The van der Waals surface area contributed by atoms with Gasteiger partial charge >= 0.3 is 0 Å². The van der Waals surface area contributed by atoms with Crippen molar-refractivity contribution in [1.82, 2.24) is 19.9 Å². The molecule has 4 rings (SSSR count). The van der Waals surface area contributed by atoms with E-state index < -0.39 is 0 Å². The number of anilines is 1. The van der Waals surface area contributed by atoms with Crippen molar-refractivity contribution in [3.8, 4) is 11.4 Å². The highest BCUT2D eigenvalue weighted by atomic mass is 16.5. The van der Waals surface area contributed by atoms with E-state index in [9.17, 15) is 4.79 Å². The Balaban J connectivity index is 1.38. The summed E-state index contributed by atoms with van der Waals surface area (Å²) in [5.41, 5.74) is 3.68. The van der Waals surface area contributed by atoms with Gasteiger partial charge in [-0.2, -0.15) is 0 Å². The van der Waals surface area contributed by atoms with Crippen LogP contribution in [0, 0.1) is 0 Å². The van der Waals surface area contributed by atoms with E-state index in [2.05, 4.69) is 34.3 Å². The van der Waals surface area contributed by atoms with Crippen molar-refractivity contribution in [1.29, 1.82) is 0 Å². The molecule has 7 heteroatoms. The van der Waals surface area contributed by atoms with Gasteiger partial charge in [0.2, 0.25) is 0 Å². The molecule has 1 fully saturated rings. The zero-order chi connectivity index (χ0) is 20.2. The van der Waals surface area contributed by atoms with Crippen LogP contribution in [-0.2, 0) is 6.42 Å². The Labute approximate surface area is 170 Å². The second-order valence-electron chi connectivity index (χ2n) is 7.05. The van der Waals surface area contributed by atoms with Crippen LogP contribution >= 0.6 is 0 Å². The summed E-state index contributed by atoms with van der Waals surface area (Å²) in [6.07, 6.45) is 2.70. The number of carbonyl (C=O) groups excluding carboxylic acids is 1. The van der Waals surface area contributed by atoms with Gasteiger partial charge in [-0.05, 0) is 48.4 Å². The van der Waals surface area contributed by atoms with E-state index in [-0.39, 0.29) is 5.91 Å². The van der Waals surface area contributed by atoms with Gasteiger partial charge in [0.15, 0.2) is 5.69 Å². The molecule has 2 heterocycles. The SMILES string of the molecule is CCc1ccc(-n2cc(C(=O)N3CCN(c4ccc(OC)cc4)CC3)nn2)cc1. The van der Waals surface area contributed by atoms with E-state index >= 15 is 0 Å². The highest BCUT2D eigenvalue weighted by Crippen LogP contribution is 2.21. The summed E-state index contributed by atoms with van der Waals surface area (Å²) in [5.74, 6) is 0.769. The van der Waals surface area contributed by atoms with Crippen molar-refractivity contribution in [3.05, 3.63) is 66.0 Å². The average molecular weight is 391 g/mol. The molecule has 0 radical (unpaired) electrons. The predicted octanol–water partition coefficient (Wildman–Crippen LogP) is 2.80. The van der Waals surface area contributed by atoms with Crippen LogP contribution in [0.25, 0.3) is 5.69 Å². The number of rotatable bonds is 5. The summed E-state index contributed by atoms with van der Waals surface area (Å²) < 4.78 is 6.87. The summed E-state index contributed by atoms with van der Waals surface area (Å²) in [7, 11) is 1.66. The van der Waals surface area contributed by atoms with Crippen LogP contribution in [0.4, 0.5) is 5.69 Å². The van der Waals surface area contributed by atoms with Crippen LogP contribution < -0.4 is 9.64 Å². The Morgan fingerprint density at radius 1 is 0.966 bits per heavy atom. The van der Waals surface area contributed by atoms with Gasteiger partial charge < -0.3 is 14.5 Å². The smallest absolute Gasteiger partial charge is 0.276 e. The van der Waals surface area contributed by atoms with Crippen LogP contribution in [0.5, 0.6) is 5.75 Å². The zero-order valence-corrected chi connectivity index (χ0v) is 16.8. The van der Waals surface area contributed by atoms with Crippen molar-refractivity contribution in [2.75, 3.05) is 38.2 Å². The van der Waals surface area contributed by atoms with Crippen molar-refractivity contribution in [2.45, 2.75) is 13.3 Å². The first-order valence-corrected chi connectivity index (χ1v) is 9.88. The number of hydrogen-bond donors (Lipinski definition) is 0. The number of nitrogens with zero attached hydrogens (tertiary/aromatic N) is 5. The van der Waals surface area contributed by atoms with Crippen molar-refractivity contribution in [2.24, 2.45) is 0 Å². The number of aromatic nitrogens is 3. The molecule has 1 aliphatic rings. The number of benzene rings is 2. The number of hydrogen-bond acceptors (Lipinski definition) is 5. The summed E-state index contributed by atoms with van der Waals surface area (Å²) in [6.45, 7) is 5.00. The maximum atomic E-state index is 12.8. The average Bonchev–Trinajstić information content (AvgIpc) is 3.29. The quantitative estimate of drug-likeness (QED) is 0.669. The first-order chi connectivity index (χ1) is 14.2. The summed E-state index contributed by atoms with van der Waals surface area (Å²) in [6, 6.07) is 16.1. The third-order valence-electron chi connectivity index (χ3n) is 5.33. The van der Waals surface area contributed by atoms with Gasteiger partial charge in [-0.25, -0.2) is 4.68 Å². The Kier molecular flexibility index (Phi) is 5.46. The number of piperazine rings is 1. The van der Waals surface area contributed by atoms with Gasteiger partial charge in [0.25, 0.3) is 5.91 Å². The fourth-order valence-electron chi connectivity index (χ4n) is 3.50. The van der Waals surface area contributed by atoms with Gasteiger partial charge in [0.05, 0.1) is 19.0 Å². The second kappa shape index (κ2) is 8.34. The Hall–Kier alpha value is -3.35. The molecule has 0 atom stereocenters. The Bertz CT molecular complexity index is 958. The molecule has 2 aromatic carbocycles. The van der Waals surface area contributed by atoms with Gasteiger partial charge in [0.1, 0.15) is 5.75 Å². The van der Waals surface area contributed by atoms with Crippen LogP contribution in [0.15, 0.2) is 54.7 Å². The molecular formula is C22H25N5O2. The summed E-state index contributed by atoms with van der Waals surface area (Å²) in [5, 5.41) is 8.23. The lowest BCUT2D eigenvalue weighted by Gasteiger charge is -2.35. The molecule has 29 heavy (non-hydrogen) atoms. The van der Waals surface area contributed by atoms with E-state index in [0.29, 0.717) is 18.8 Å². The number of carbonyl (C=O) groups is 1. The lowest BCUT2D eigenvalue weighted by atomic mass is 10.1. The van der Waals surface area contributed by atoms with E-state index in [0.717, 1.165) is 36.6 Å². The summed E-state index contributed by atoms with van der Waals surface area (Å²) >= 11 is 0. The maximum absolute atomic E-state index is 12.8. The molecular weight excluding hydrogens is 366 g/mol. The highest BCUT2D eigenvalue weighted by molar-refractivity contribution is 5.92. The molecule has 3 aromatic rings. The Morgan fingerprint density at radius 2 is 1.62 bits per heavy atom. The standard InChI is InChI=1S/C22H25N5O2/c1-3-17-4-6-19(7-5-17)27-16-21(23-24-27)22(28)26-14-12-25(13-15-26)18-8-10-20(29-2)11-9-18/h4-11,16H,3,12-15H2,1-2H3. The van der Waals surface area contributed by atoms with E-state index in [1.165, 1.54) is 5.56 Å². The van der Waals surface area contributed by atoms with Gasteiger partial charge in [-0.3, -0.25) is 4.79 Å². The van der Waals surface area contributed by atoms with Crippen molar-refractivity contribution in [3.63, 3.8) is 0 Å². The molecule has 0 unspecified atom stereocenters. The van der Waals surface area contributed by atoms with Crippen LogP contribution in [0.2, 0.25) is 0 Å². The number of methoxy groups -OCH3 is 1. The minimum Gasteiger partial charge on any atom is -0.497 e. The third kappa shape index (κ3) is 4.08. The van der Waals surface area contributed by atoms with Crippen molar-refractivity contribution >= 4 is 11.6 Å². The first-order valence-electron chi connectivity index (χ1n) is 9.88. The maximum Gasteiger partial charge on any atom is 0.276 e. The lowest BCUT2D eigenvalue weighted by molar-refractivity contribution is 0.0741. The topological polar surface area (TPSA) is 63.5 Å². The van der Waals surface area contributed by atoms with E-state index in [4.69, 9.17) is 4.74 Å². The van der Waals surface area contributed by atoms with E-state index in [1.807, 2.05) is 41.3 Å². The van der Waals surface area contributed by atoms with Gasteiger partial charge in [-0.15, -0.1) is 5.10 Å². The van der Waals surface area contributed by atoms with Crippen molar-refractivity contribution < 1.29 is 9.53 Å². The molecule has 0 saturated carbocycles. The minimum atomic E-state index is -0.0733. The molecule has 1 aromatic heterocycles. The summed E-state index contributed by atoms with van der Waals surface area (Å²) in [4.78, 5) is 17.0. The van der Waals surface area contributed by atoms with E-state index in [1.54, 1.807) is 18.0 Å². The Morgan fingerprint density at radius 3 is 2.24 bits per heavy atom. The van der Waals surface area contributed by atoms with Crippen LogP contribution in [0.3, 0.4) is 0 Å². The fourth-order valence-corrected chi connectivity index (χ4v) is 3.50. The molecule has 0 aliphatic carbocycles. The minimum absolute atomic E-state index is 0.0733. The molecule has 0 spiro atoms. The largest absolute Gasteiger partial charge is 0.497 e. The first kappa shape index (κ1) is 19.0. The number of aryl methyl sites for hydroxylation is 1. The molecule has 7 nitrogen and oxygen atoms in total. The molecule has 1 saturated heterocycles. The molecule has 0 bridgehead atoms. The number of amides is 1. The predicted molar refractivity (Wildman–Crippen MR) is 112 cm³/mol. The number of ether oxygens (including phenoxy) is 1. The zero-order valence-electron chi connectivity index (χ0n) is 16.8. The highest BCUT2D eigenvalue weighted by Gasteiger charge is 2.24. The second-order valence-corrected chi connectivity index (χ2v) is 7.05. The molecule has 1 aliphatic heterocycles. The molecule has 0 N–H and O–H groups in total. The van der Waals surface area contributed by atoms with Crippen LogP contribution in [0.1, 0.15) is 23.0 Å². The third-order valence-corrected chi connectivity index (χ3v) is 5.33. The lowest BCUT2D eigenvalue weighted by Crippen LogP contribution is -2.48. The van der Waals surface area contributed by atoms with Gasteiger partial charge in [-0.1, -0.05) is 24.3 Å². The normalized spacial score (nSPS) is 14.1. The fraction of sp³-hybridized carbons (Fsp3) is 0.318. The molecule has 1 amide bonds. The monoisotopic (exact) mass is 391 g/mol. The van der Waals surface area contributed by atoms with Crippen LogP contribution in [-0.4, -0.2) is 59.1 Å². The van der Waals surface area contributed by atoms with Gasteiger partial charge in [0, 0.05) is 31.9 Å². The molecule has 150 valence electrons.